The molecule has 0 aliphatic carbocycles. The maximum absolute atomic E-state index is 13.6. The van der Waals surface area contributed by atoms with Crippen LogP contribution in [0.4, 0.5) is 18.9 Å². The van der Waals surface area contributed by atoms with Crippen LogP contribution in [0.2, 0.25) is 0 Å². The molecule has 0 fully saturated rings. The first-order chi connectivity index (χ1) is 17.2. The van der Waals surface area contributed by atoms with E-state index in [9.17, 15) is 18.0 Å². The van der Waals surface area contributed by atoms with Crippen LogP contribution < -0.4 is 10.1 Å². The van der Waals surface area contributed by atoms with Crippen molar-refractivity contribution in [3.05, 3.63) is 89.2 Å². The van der Waals surface area contributed by atoms with Crippen LogP contribution in [0.1, 0.15) is 46.6 Å². The number of rotatable bonds is 11. The Morgan fingerprint density at radius 3 is 2.50 bits per heavy atom. The number of carbonyl (C=O) groups is 1. The van der Waals surface area contributed by atoms with E-state index in [1.807, 2.05) is 25.1 Å². The Bertz CT molecular complexity index is 1210. The molecule has 1 aromatic carbocycles. The number of anilines is 1. The minimum Gasteiger partial charge on any atom is -0.481 e. The molecule has 1 amide bonds. The van der Waals surface area contributed by atoms with E-state index >= 15 is 0 Å². The summed E-state index contributed by atoms with van der Waals surface area (Å²) in [4.78, 5) is 24.1. The van der Waals surface area contributed by atoms with Gasteiger partial charge in [0.2, 0.25) is 11.8 Å². The smallest absolute Gasteiger partial charge is 0.419 e. The second kappa shape index (κ2) is 12.3. The van der Waals surface area contributed by atoms with Crippen LogP contribution in [0, 0.1) is 6.92 Å². The molecule has 0 spiro atoms. The molecule has 0 aliphatic heterocycles. The summed E-state index contributed by atoms with van der Waals surface area (Å²) in [6, 6.07) is 9.06. The summed E-state index contributed by atoms with van der Waals surface area (Å²) in [7, 11) is 1.55. The third-order valence-corrected chi connectivity index (χ3v) is 5.79. The number of hydrogen-bond donors (Lipinski definition) is 1. The number of alkyl halides is 3. The molecule has 1 N–H and O–H groups in total. The molecule has 2 aromatic heterocycles. The van der Waals surface area contributed by atoms with Crippen LogP contribution in [0.15, 0.2) is 55.4 Å². The molecular formula is C27H29F3N4O2. The quantitative estimate of drug-likeness (QED) is 0.344. The molecular weight excluding hydrogens is 469 g/mol. The predicted molar refractivity (Wildman–Crippen MR) is 132 cm³/mol. The molecule has 36 heavy (non-hydrogen) atoms. The minimum absolute atomic E-state index is 0.0122. The summed E-state index contributed by atoms with van der Waals surface area (Å²) in [6.07, 6.45) is 2.13. The van der Waals surface area contributed by atoms with Gasteiger partial charge in [0, 0.05) is 30.6 Å². The first-order valence-electron chi connectivity index (χ1n) is 11.6. The Morgan fingerprint density at radius 2 is 1.78 bits per heavy atom. The van der Waals surface area contributed by atoms with Gasteiger partial charge in [-0.05, 0) is 67.9 Å². The number of amides is 1. The molecule has 2 heterocycles. The SMILES string of the molecule is C=CC(=O)Nc1ccccc1CCCc1nc(CCCc2cc(OC)ncc2C)ncc1C(F)(F)F. The number of nitrogens with one attached hydrogen (secondary N) is 1. The number of pyridine rings is 1. The summed E-state index contributed by atoms with van der Waals surface area (Å²) >= 11 is 0. The monoisotopic (exact) mass is 498 g/mol. The van der Waals surface area contributed by atoms with E-state index in [4.69, 9.17) is 4.74 Å². The Hall–Kier alpha value is -3.75. The number of halogens is 3. The highest BCUT2D eigenvalue weighted by Crippen LogP contribution is 2.32. The van der Waals surface area contributed by atoms with Crippen LogP contribution in [0.5, 0.6) is 5.88 Å². The van der Waals surface area contributed by atoms with Crippen molar-refractivity contribution in [1.29, 1.82) is 0 Å². The maximum Gasteiger partial charge on any atom is 0.419 e. The lowest BCUT2D eigenvalue weighted by atomic mass is 10.0. The van der Waals surface area contributed by atoms with Gasteiger partial charge in [0.25, 0.3) is 0 Å². The van der Waals surface area contributed by atoms with Crippen LogP contribution in [-0.2, 0) is 36.7 Å². The van der Waals surface area contributed by atoms with E-state index < -0.39 is 11.7 Å². The third-order valence-electron chi connectivity index (χ3n) is 5.79. The number of aromatic nitrogens is 3. The molecule has 0 bridgehead atoms. The molecule has 9 heteroatoms. The molecule has 0 radical (unpaired) electrons. The standard InChI is InChI=1S/C27H29F3N4O2/c1-4-25(35)34-22-12-6-5-9-19(22)10-7-13-23-21(27(28,29)30)17-31-24(33-23)14-8-11-20-15-26(36-3)32-16-18(20)2/h4-6,9,12,15-17H,1,7-8,10-11,13-14H2,2-3H3,(H,34,35). The fourth-order valence-corrected chi connectivity index (χ4v) is 3.86. The summed E-state index contributed by atoms with van der Waals surface area (Å²) < 4.78 is 46.0. The fraction of sp³-hybridized carbons (Fsp3) is 0.333. The number of carbonyl (C=O) groups excluding carboxylic acids is 1. The van der Waals surface area contributed by atoms with Crippen molar-refractivity contribution in [1.82, 2.24) is 15.0 Å². The van der Waals surface area contributed by atoms with E-state index in [0.29, 0.717) is 49.5 Å². The lowest BCUT2D eigenvalue weighted by Crippen LogP contribution is -2.14. The molecule has 6 nitrogen and oxygen atoms in total. The average Bonchev–Trinajstić information content (AvgIpc) is 2.85. The Kier molecular flexibility index (Phi) is 9.16. The van der Waals surface area contributed by atoms with Crippen molar-refractivity contribution in [3.63, 3.8) is 0 Å². The van der Waals surface area contributed by atoms with Crippen LogP contribution in [0.25, 0.3) is 0 Å². The molecule has 3 rings (SSSR count). The maximum atomic E-state index is 13.6. The third kappa shape index (κ3) is 7.37. The van der Waals surface area contributed by atoms with Crippen molar-refractivity contribution in [2.24, 2.45) is 0 Å². The van der Waals surface area contributed by atoms with Gasteiger partial charge in [-0.1, -0.05) is 24.8 Å². The molecule has 0 saturated heterocycles. The van der Waals surface area contributed by atoms with Crippen molar-refractivity contribution >= 4 is 11.6 Å². The lowest BCUT2D eigenvalue weighted by molar-refractivity contribution is -0.138. The van der Waals surface area contributed by atoms with Gasteiger partial charge in [0.1, 0.15) is 5.82 Å². The van der Waals surface area contributed by atoms with Crippen molar-refractivity contribution in [2.75, 3.05) is 12.4 Å². The average molecular weight is 499 g/mol. The first kappa shape index (κ1) is 26.8. The molecule has 0 saturated carbocycles. The topological polar surface area (TPSA) is 77.0 Å². The van der Waals surface area contributed by atoms with E-state index in [-0.39, 0.29) is 18.0 Å². The number of methoxy groups -OCH3 is 1. The van der Waals surface area contributed by atoms with Crippen LogP contribution >= 0.6 is 0 Å². The van der Waals surface area contributed by atoms with Crippen molar-refractivity contribution in [3.8, 4) is 5.88 Å². The predicted octanol–water partition coefficient (Wildman–Crippen LogP) is 5.68. The zero-order valence-corrected chi connectivity index (χ0v) is 20.4. The van der Waals surface area contributed by atoms with Gasteiger partial charge >= 0.3 is 6.18 Å². The second-order valence-electron chi connectivity index (χ2n) is 8.36. The van der Waals surface area contributed by atoms with Gasteiger partial charge in [-0.3, -0.25) is 4.79 Å². The molecule has 190 valence electrons. The summed E-state index contributed by atoms with van der Waals surface area (Å²) in [5.41, 5.74) is 2.71. The van der Waals surface area contributed by atoms with E-state index in [2.05, 4.69) is 26.8 Å². The second-order valence-corrected chi connectivity index (χ2v) is 8.36. The van der Waals surface area contributed by atoms with Gasteiger partial charge in [-0.2, -0.15) is 13.2 Å². The lowest BCUT2D eigenvalue weighted by Gasteiger charge is -2.14. The highest BCUT2D eigenvalue weighted by atomic mass is 19.4. The first-order valence-corrected chi connectivity index (χ1v) is 11.6. The van der Waals surface area contributed by atoms with Gasteiger partial charge in [0.15, 0.2) is 0 Å². The zero-order valence-electron chi connectivity index (χ0n) is 20.4. The fourth-order valence-electron chi connectivity index (χ4n) is 3.86. The number of benzene rings is 1. The number of ether oxygens (including phenoxy) is 1. The highest BCUT2D eigenvalue weighted by molar-refractivity contribution is 5.99. The van der Waals surface area contributed by atoms with Crippen molar-refractivity contribution < 1.29 is 22.7 Å². The Morgan fingerprint density at radius 1 is 1.06 bits per heavy atom. The van der Waals surface area contributed by atoms with Crippen LogP contribution in [-0.4, -0.2) is 28.0 Å². The van der Waals surface area contributed by atoms with Crippen LogP contribution in [0.3, 0.4) is 0 Å². The normalized spacial score (nSPS) is 11.2. The van der Waals surface area contributed by atoms with E-state index in [0.717, 1.165) is 22.9 Å². The van der Waals surface area contributed by atoms with Gasteiger partial charge in [-0.25, -0.2) is 15.0 Å². The highest BCUT2D eigenvalue weighted by Gasteiger charge is 2.34. The number of aryl methyl sites for hydroxylation is 5. The summed E-state index contributed by atoms with van der Waals surface area (Å²) in [6.45, 7) is 5.39. The minimum atomic E-state index is -4.53. The summed E-state index contributed by atoms with van der Waals surface area (Å²) in [5, 5.41) is 2.73. The largest absolute Gasteiger partial charge is 0.481 e. The molecule has 0 atom stereocenters. The van der Waals surface area contributed by atoms with Crippen molar-refractivity contribution in [2.45, 2.75) is 51.6 Å². The van der Waals surface area contributed by atoms with Gasteiger partial charge in [-0.15, -0.1) is 0 Å². The molecule has 0 unspecified atom stereocenters. The Labute approximate surface area is 208 Å². The zero-order chi connectivity index (χ0) is 26.1. The number of nitrogens with zero attached hydrogens (tertiary/aromatic N) is 3. The molecule has 3 aromatic rings. The molecule has 0 aliphatic rings. The Balaban J connectivity index is 1.69. The van der Waals surface area contributed by atoms with E-state index in [1.165, 1.54) is 6.08 Å². The number of hydrogen-bond acceptors (Lipinski definition) is 5. The summed E-state index contributed by atoms with van der Waals surface area (Å²) in [5.74, 6) is 0.562. The number of para-hydroxylation sites is 1. The van der Waals surface area contributed by atoms with Gasteiger partial charge < -0.3 is 10.1 Å². The van der Waals surface area contributed by atoms with Gasteiger partial charge in [0.05, 0.1) is 18.4 Å². The van der Waals surface area contributed by atoms with E-state index in [1.54, 1.807) is 25.4 Å².